The monoisotopic (exact) mass is 496 g/mol. The van der Waals surface area contributed by atoms with Gasteiger partial charge in [-0.3, -0.25) is 4.79 Å². The summed E-state index contributed by atoms with van der Waals surface area (Å²) in [7, 11) is 1.56. The van der Waals surface area contributed by atoms with Crippen LogP contribution in [0.2, 0.25) is 0 Å². The topological polar surface area (TPSA) is 112 Å². The van der Waals surface area contributed by atoms with Gasteiger partial charge < -0.3 is 14.1 Å². The maximum Gasteiger partial charge on any atom is 0.416 e. The molecule has 0 fully saturated rings. The number of rotatable bonds is 6. The predicted molar refractivity (Wildman–Crippen MR) is 122 cm³/mol. The Kier molecular flexibility index (Phi) is 5.78. The zero-order chi connectivity index (χ0) is 25.4. The molecule has 0 aliphatic rings. The van der Waals surface area contributed by atoms with Gasteiger partial charge in [-0.15, -0.1) is 10.2 Å². The number of alkyl halides is 3. The molecule has 0 spiro atoms. The van der Waals surface area contributed by atoms with Crippen molar-refractivity contribution >= 4 is 11.0 Å². The first-order valence-electron chi connectivity index (χ1n) is 10.8. The van der Waals surface area contributed by atoms with Crippen LogP contribution in [0.5, 0.6) is 5.75 Å². The van der Waals surface area contributed by atoms with Gasteiger partial charge in [0, 0.05) is 6.42 Å². The molecule has 0 radical (unpaired) electrons. The Hall–Kier alpha value is -4.48. The van der Waals surface area contributed by atoms with Crippen LogP contribution in [0.3, 0.4) is 0 Å². The number of hydrogen-bond acceptors (Lipinski definition) is 7. The molecule has 0 bridgehead atoms. The molecule has 5 rings (SSSR count). The first-order valence-corrected chi connectivity index (χ1v) is 10.8. The van der Waals surface area contributed by atoms with Gasteiger partial charge in [0.1, 0.15) is 17.0 Å². The van der Waals surface area contributed by atoms with Gasteiger partial charge in [0.15, 0.2) is 11.3 Å². The standard InChI is InChI=1S/C24H19F3N6O3/c1-13(15-6-8-16(9-7-15)24(25,26)27)33-21-19(20(32-33)23-31-28-12-36-23)22(34)30-18(29-21)11-14-4-3-5-17(10-14)35-2/h3-10,12-13H,11H2,1-2H3,(H,29,30,34)/t13-/m1/s1. The van der Waals surface area contributed by atoms with Gasteiger partial charge in [-0.1, -0.05) is 24.3 Å². The molecule has 0 unspecified atom stereocenters. The lowest BCUT2D eigenvalue weighted by Crippen LogP contribution is -2.15. The minimum atomic E-state index is -4.45. The van der Waals surface area contributed by atoms with E-state index in [2.05, 4.69) is 25.3 Å². The summed E-state index contributed by atoms with van der Waals surface area (Å²) in [5.41, 5.74) is 0.541. The van der Waals surface area contributed by atoms with Gasteiger partial charge in [0.25, 0.3) is 11.4 Å². The molecule has 0 aliphatic carbocycles. The molecule has 9 nitrogen and oxygen atoms in total. The minimum absolute atomic E-state index is 0.0196. The van der Waals surface area contributed by atoms with E-state index in [-0.39, 0.29) is 22.6 Å². The molecule has 2 aromatic carbocycles. The first kappa shape index (κ1) is 23.3. The highest BCUT2D eigenvalue weighted by Crippen LogP contribution is 2.32. The van der Waals surface area contributed by atoms with E-state index >= 15 is 0 Å². The molecule has 0 saturated carbocycles. The number of halogens is 3. The van der Waals surface area contributed by atoms with Gasteiger partial charge in [0.2, 0.25) is 6.39 Å². The molecule has 0 amide bonds. The Morgan fingerprint density at radius 3 is 2.61 bits per heavy atom. The number of methoxy groups -OCH3 is 1. The zero-order valence-electron chi connectivity index (χ0n) is 19.1. The van der Waals surface area contributed by atoms with E-state index < -0.39 is 23.3 Å². The number of nitrogens with zero attached hydrogens (tertiary/aromatic N) is 5. The second-order valence-corrected chi connectivity index (χ2v) is 8.07. The van der Waals surface area contributed by atoms with Crippen LogP contribution in [0.1, 0.15) is 35.5 Å². The molecular weight excluding hydrogens is 477 g/mol. The van der Waals surface area contributed by atoms with E-state index in [0.717, 1.165) is 24.1 Å². The highest BCUT2D eigenvalue weighted by molar-refractivity contribution is 5.88. The highest BCUT2D eigenvalue weighted by atomic mass is 19.4. The Morgan fingerprint density at radius 2 is 1.94 bits per heavy atom. The third-order valence-electron chi connectivity index (χ3n) is 5.77. The van der Waals surface area contributed by atoms with Crippen LogP contribution in [0.25, 0.3) is 22.6 Å². The fourth-order valence-electron chi connectivity index (χ4n) is 3.94. The molecule has 3 heterocycles. The highest BCUT2D eigenvalue weighted by Gasteiger charge is 2.30. The van der Waals surface area contributed by atoms with Crippen molar-refractivity contribution in [2.75, 3.05) is 7.11 Å². The van der Waals surface area contributed by atoms with Crippen molar-refractivity contribution in [2.45, 2.75) is 25.6 Å². The van der Waals surface area contributed by atoms with Gasteiger partial charge in [0.05, 0.1) is 18.7 Å². The Morgan fingerprint density at radius 1 is 1.17 bits per heavy atom. The van der Waals surface area contributed by atoms with E-state index in [0.29, 0.717) is 23.6 Å². The minimum Gasteiger partial charge on any atom is -0.497 e. The third kappa shape index (κ3) is 4.32. The van der Waals surface area contributed by atoms with Crippen molar-refractivity contribution in [1.29, 1.82) is 0 Å². The predicted octanol–water partition coefficient (Wildman–Crippen LogP) is 4.40. The summed E-state index contributed by atoms with van der Waals surface area (Å²) in [6.07, 6.45) is -3.04. The number of benzene rings is 2. The number of aromatic nitrogens is 6. The zero-order valence-corrected chi connectivity index (χ0v) is 19.1. The Labute approximate surface area is 201 Å². The third-order valence-corrected chi connectivity index (χ3v) is 5.77. The molecule has 1 N–H and O–H groups in total. The molecule has 184 valence electrons. The number of hydrogen-bond donors (Lipinski definition) is 1. The van der Waals surface area contributed by atoms with Gasteiger partial charge >= 0.3 is 6.18 Å². The molecule has 36 heavy (non-hydrogen) atoms. The van der Waals surface area contributed by atoms with E-state index in [1.165, 1.54) is 16.8 Å². The average Bonchev–Trinajstić information content (AvgIpc) is 3.52. The molecule has 0 aliphatic heterocycles. The Balaban J connectivity index is 1.63. The van der Waals surface area contributed by atoms with Crippen molar-refractivity contribution in [1.82, 2.24) is 29.9 Å². The lowest BCUT2D eigenvalue weighted by atomic mass is 10.1. The maximum absolute atomic E-state index is 13.2. The van der Waals surface area contributed by atoms with Gasteiger partial charge in [-0.2, -0.15) is 18.3 Å². The van der Waals surface area contributed by atoms with Crippen molar-refractivity contribution in [3.05, 3.63) is 87.8 Å². The van der Waals surface area contributed by atoms with Crippen LogP contribution in [-0.4, -0.2) is 37.1 Å². The largest absolute Gasteiger partial charge is 0.497 e. The summed E-state index contributed by atoms with van der Waals surface area (Å²) in [4.78, 5) is 20.6. The molecule has 3 aromatic heterocycles. The summed E-state index contributed by atoms with van der Waals surface area (Å²) >= 11 is 0. The van der Waals surface area contributed by atoms with Gasteiger partial charge in [-0.25, -0.2) is 9.67 Å². The van der Waals surface area contributed by atoms with Crippen LogP contribution in [0.4, 0.5) is 13.2 Å². The smallest absolute Gasteiger partial charge is 0.416 e. The number of aromatic amines is 1. The Bertz CT molecular complexity index is 1570. The van der Waals surface area contributed by atoms with Crippen molar-refractivity contribution < 1.29 is 22.3 Å². The van der Waals surface area contributed by atoms with Gasteiger partial charge in [-0.05, 0) is 42.3 Å². The van der Waals surface area contributed by atoms with Crippen molar-refractivity contribution in [3.8, 4) is 17.3 Å². The molecule has 1 atom stereocenters. The van der Waals surface area contributed by atoms with Crippen molar-refractivity contribution in [2.24, 2.45) is 0 Å². The SMILES string of the molecule is COc1cccc(Cc2nc3c(c(-c4nnco4)nn3[C@H](C)c3ccc(C(F)(F)F)cc3)c(=O)[nH]2)c1. The van der Waals surface area contributed by atoms with Crippen molar-refractivity contribution in [3.63, 3.8) is 0 Å². The molecule has 12 heteroatoms. The summed E-state index contributed by atoms with van der Waals surface area (Å²) in [6.45, 7) is 1.75. The number of fused-ring (bicyclic) bond motifs is 1. The van der Waals surface area contributed by atoms with Crippen LogP contribution >= 0.6 is 0 Å². The number of H-pyrrole nitrogens is 1. The summed E-state index contributed by atoms with van der Waals surface area (Å²) in [6, 6.07) is 11.5. The second-order valence-electron chi connectivity index (χ2n) is 8.07. The van der Waals surface area contributed by atoms with E-state index in [4.69, 9.17) is 9.15 Å². The quantitative estimate of drug-likeness (QED) is 0.371. The second kappa shape index (κ2) is 8.95. The molecule has 5 aromatic rings. The summed E-state index contributed by atoms with van der Waals surface area (Å²) in [5.74, 6) is 1.06. The summed E-state index contributed by atoms with van der Waals surface area (Å²) < 4.78 is 51.1. The van der Waals surface area contributed by atoms with E-state index in [1.54, 1.807) is 20.1 Å². The van der Waals surface area contributed by atoms with Crippen LogP contribution in [0.15, 0.2) is 64.1 Å². The maximum atomic E-state index is 13.2. The molecular formula is C24H19F3N6O3. The fraction of sp³-hybridized carbons (Fsp3) is 0.208. The van der Waals surface area contributed by atoms with Crippen LogP contribution in [0, 0.1) is 0 Å². The molecule has 0 saturated heterocycles. The lowest BCUT2D eigenvalue weighted by Gasteiger charge is -2.15. The summed E-state index contributed by atoms with van der Waals surface area (Å²) in [5, 5.41) is 12.2. The van der Waals surface area contributed by atoms with Crippen LogP contribution < -0.4 is 10.3 Å². The van der Waals surface area contributed by atoms with Crippen LogP contribution in [-0.2, 0) is 12.6 Å². The van der Waals surface area contributed by atoms with E-state index in [1.807, 2.05) is 18.2 Å². The number of nitrogens with one attached hydrogen (secondary N) is 1. The lowest BCUT2D eigenvalue weighted by molar-refractivity contribution is -0.137. The fourth-order valence-corrected chi connectivity index (χ4v) is 3.94. The number of ether oxygens (including phenoxy) is 1. The first-order chi connectivity index (χ1) is 17.2. The average molecular weight is 496 g/mol. The van der Waals surface area contributed by atoms with E-state index in [9.17, 15) is 18.0 Å². The normalized spacial score (nSPS) is 12.7.